The average Bonchev–Trinajstić information content (AvgIpc) is 2.55. The van der Waals surface area contributed by atoms with Crippen LogP contribution < -0.4 is 10.6 Å². The van der Waals surface area contributed by atoms with E-state index in [1.54, 1.807) is 12.1 Å². The first-order valence-corrected chi connectivity index (χ1v) is 7.55. The highest BCUT2D eigenvalue weighted by Crippen LogP contribution is 2.21. The second-order valence-corrected chi connectivity index (χ2v) is 5.56. The quantitative estimate of drug-likeness (QED) is 0.910. The fourth-order valence-corrected chi connectivity index (χ4v) is 2.84. The number of hydrogen-bond acceptors (Lipinski definition) is 2. The summed E-state index contributed by atoms with van der Waals surface area (Å²) in [5.74, 6) is -0.330. The van der Waals surface area contributed by atoms with E-state index in [1.165, 1.54) is 23.3 Å². The molecule has 22 heavy (non-hydrogen) atoms. The van der Waals surface area contributed by atoms with Gasteiger partial charge in [-0.25, -0.2) is 4.39 Å². The molecule has 2 aromatic carbocycles. The van der Waals surface area contributed by atoms with Gasteiger partial charge in [0.25, 0.3) is 0 Å². The van der Waals surface area contributed by atoms with Crippen molar-refractivity contribution in [2.75, 3.05) is 13.1 Å². The van der Waals surface area contributed by atoms with Gasteiger partial charge in [0.1, 0.15) is 5.82 Å². The summed E-state index contributed by atoms with van der Waals surface area (Å²) in [5.41, 5.74) is 3.42. The maximum Gasteiger partial charge on any atom is 0.224 e. The van der Waals surface area contributed by atoms with Crippen molar-refractivity contribution in [3.8, 4) is 0 Å². The molecule has 0 radical (unpaired) electrons. The standard InChI is InChI=1S/C18H19FN2O/c19-15-7-5-13(6-8-15)11-18(22)21-12-17-16-4-2-1-3-14(16)9-10-20-17/h1-8,17,20H,9-12H2,(H,21,22). The second kappa shape index (κ2) is 6.71. The van der Waals surface area contributed by atoms with Crippen molar-refractivity contribution in [3.63, 3.8) is 0 Å². The van der Waals surface area contributed by atoms with Crippen molar-refractivity contribution in [2.45, 2.75) is 18.9 Å². The van der Waals surface area contributed by atoms with Crippen LogP contribution in [-0.4, -0.2) is 19.0 Å². The van der Waals surface area contributed by atoms with E-state index in [0.717, 1.165) is 18.5 Å². The zero-order valence-corrected chi connectivity index (χ0v) is 12.3. The molecule has 1 aliphatic rings. The second-order valence-electron chi connectivity index (χ2n) is 5.56. The summed E-state index contributed by atoms with van der Waals surface area (Å²) in [6.07, 6.45) is 1.30. The van der Waals surface area contributed by atoms with E-state index >= 15 is 0 Å². The maximum atomic E-state index is 12.8. The lowest BCUT2D eigenvalue weighted by atomic mass is 9.94. The normalized spacial score (nSPS) is 16.9. The number of carbonyl (C=O) groups is 1. The van der Waals surface area contributed by atoms with Crippen LogP contribution in [0.15, 0.2) is 48.5 Å². The maximum absolute atomic E-state index is 12.8. The highest BCUT2D eigenvalue weighted by Gasteiger charge is 2.19. The Morgan fingerprint density at radius 3 is 2.77 bits per heavy atom. The molecule has 0 fully saturated rings. The van der Waals surface area contributed by atoms with Gasteiger partial charge in [-0.3, -0.25) is 4.79 Å². The Labute approximate surface area is 129 Å². The molecule has 3 rings (SSSR count). The number of fused-ring (bicyclic) bond motifs is 1. The molecule has 0 spiro atoms. The van der Waals surface area contributed by atoms with Crippen molar-refractivity contribution < 1.29 is 9.18 Å². The van der Waals surface area contributed by atoms with Crippen molar-refractivity contribution in [2.24, 2.45) is 0 Å². The summed E-state index contributed by atoms with van der Waals surface area (Å²) in [7, 11) is 0. The largest absolute Gasteiger partial charge is 0.354 e. The molecule has 1 aliphatic heterocycles. The summed E-state index contributed by atoms with van der Waals surface area (Å²) >= 11 is 0. The lowest BCUT2D eigenvalue weighted by Gasteiger charge is -2.27. The monoisotopic (exact) mass is 298 g/mol. The van der Waals surface area contributed by atoms with E-state index in [4.69, 9.17) is 0 Å². The average molecular weight is 298 g/mol. The van der Waals surface area contributed by atoms with E-state index < -0.39 is 0 Å². The molecule has 0 bridgehead atoms. The van der Waals surface area contributed by atoms with Crippen LogP contribution in [-0.2, 0) is 17.6 Å². The van der Waals surface area contributed by atoms with Crippen LogP contribution in [0.25, 0.3) is 0 Å². The van der Waals surface area contributed by atoms with Crippen LogP contribution >= 0.6 is 0 Å². The first-order chi connectivity index (χ1) is 10.7. The van der Waals surface area contributed by atoms with Gasteiger partial charge < -0.3 is 10.6 Å². The highest BCUT2D eigenvalue weighted by atomic mass is 19.1. The third-order valence-electron chi connectivity index (χ3n) is 4.00. The first-order valence-electron chi connectivity index (χ1n) is 7.55. The molecule has 114 valence electrons. The molecule has 0 saturated heterocycles. The van der Waals surface area contributed by atoms with Gasteiger partial charge in [-0.2, -0.15) is 0 Å². The lowest BCUT2D eigenvalue weighted by Crippen LogP contribution is -2.39. The zero-order valence-electron chi connectivity index (χ0n) is 12.3. The van der Waals surface area contributed by atoms with Crippen LogP contribution in [0.2, 0.25) is 0 Å². The number of rotatable bonds is 4. The fourth-order valence-electron chi connectivity index (χ4n) is 2.84. The Hall–Kier alpha value is -2.20. The number of benzene rings is 2. The molecule has 0 aliphatic carbocycles. The fraction of sp³-hybridized carbons (Fsp3) is 0.278. The molecule has 1 unspecified atom stereocenters. The molecule has 1 amide bonds. The van der Waals surface area contributed by atoms with Crippen molar-refractivity contribution >= 4 is 5.91 Å². The van der Waals surface area contributed by atoms with E-state index in [9.17, 15) is 9.18 Å². The predicted octanol–water partition coefficient (Wildman–Crippen LogP) is 2.37. The summed E-state index contributed by atoms with van der Waals surface area (Å²) in [4.78, 5) is 12.0. The van der Waals surface area contributed by atoms with Gasteiger partial charge in [-0.15, -0.1) is 0 Å². The van der Waals surface area contributed by atoms with Crippen LogP contribution in [0.5, 0.6) is 0 Å². The van der Waals surface area contributed by atoms with Gasteiger partial charge >= 0.3 is 0 Å². The van der Waals surface area contributed by atoms with Crippen molar-refractivity contribution in [1.82, 2.24) is 10.6 Å². The van der Waals surface area contributed by atoms with E-state index in [2.05, 4.69) is 22.8 Å². The van der Waals surface area contributed by atoms with Gasteiger partial charge in [0.15, 0.2) is 0 Å². The zero-order chi connectivity index (χ0) is 15.4. The van der Waals surface area contributed by atoms with Gasteiger partial charge in [-0.05, 0) is 41.8 Å². The van der Waals surface area contributed by atoms with Crippen molar-refractivity contribution in [3.05, 3.63) is 71.0 Å². The third kappa shape index (κ3) is 3.52. The van der Waals surface area contributed by atoms with Crippen LogP contribution in [0.3, 0.4) is 0 Å². The predicted molar refractivity (Wildman–Crippen MR) is 84.0 cm³/mol. The highest BCUT2D eigenvalue weighted by molar-refractivity contribution is 5.78. The molecule has 0 aromatic heterocycles. The minimum absolute atomic E-state index is 0.0449. The van der Waals surface area contributed by atoms with Crippen LogP contribution in [0.4, 0.5) is 4.39 Å². The Morgan fingerprint density at radius 1 is 1.18 bits per heavy atom. The topological polar surface area (TPSA) is 41.1 Å². The van der Waals surface area contributed by atoms with E-state index in [0.29, 0.717) is 6.54 Å². The first kappa shape index (κ1) is 14.7. The van der Waals surface area contributed by atoms with Gasteiger partial charge in [0.05, 0.1) is 6.42 Å². The number of carbonyl (C=O) groups excluding carboxylic acids is 1. The molecule has 2 N–H and O–H groups in total. The number of nitrogens with one attached hydrogen (secondary N) is 2. The molecule has 2 aromatic rings. The number of hydrogen-bond donors (Lipinski definition) is 2. The van der Waals surface area contributed by atoms with Gasteiger partial charge in [0, 0.05) is 12.6 Å². The van der Waals surface area contributed by atoms with Gasteiger partial charge in [0.2, 0.25) is 5.91 Å². The Bertz CT molecular complexity index is 654. The molecule has 1 heterocycles. The Kier molecular flexibility index (Phi) is 4.49. The minimum Gasteiger partial charge on any atom is -0.354 e. The van der Waals surface area contributed by atoms with Gasteiger partial charge in [-0.1, -0.05) is 36.4 Å². The summed E-state index contributed by atoms with van der Waals surface area (Å²) in [6.45, 7) is 1.49. The van der Waals surface area contributed by atoms with Crippen LogP contribution in [0, 0.1) is 5.82 Å². The molecular weight excluding hydrogens is 279 g/mol. The molecular formula is C18H19FN2O. The molecule has 3 nitrogen and oxygen atoms in total. The Morgan fingerprint density at radius 2 is 1.95 bits per heavy atom. The minimum atomic E-state index is -0.285. The number of halogens is 1. The Balaban J connectivity index is 1.56. The number of amides is 1. The molecule has 0 saturated carbocycles. The summed E-state index contributed by atoms with van der Waals surface area (Å²) < 4.78 is 12.8. The summed E-state index contributed by atoms with van der Waals surface area (Å²) in [6, 6.07) is 14.5. The molecule has 4 heteroatoms. The smallest absolute Gasteiger partial charge is 0.224 e. The summed E-state index contributed by atoms with van der Waals surface area (Å²) in [5, 5.41) is 6.40. The van der Waals surface area contributed by atoms with E-state index in [1.807, 2.05) is 12.1 Å². The molecule has 1 atom stereocenters. The van der Waals surface area contributed by atoms with E-state index in [-0.39, 0.29) is 24.2 Å². The van der Waals surface area contributed by atoms with Crippen LogP contribution in [0.1, 0.15) is 22.7 Å². The third-order valence-corrected chi connectivity index (χ3v) is 4.00. The SMILES string of the molecule is O=C(Cc1ccc(F)cc1)NCC1NCCc2ccccc21. The van der Waals surface area contributed by atoms with Crippen molar-refractivity contribution in [1.29, 1.82) is 0 Å². The lowest BCUT2D eigenvalue weighted by molar-refractivity contribution is -0.120.